The standard InChI is InChI=1S/C12H15BrFNO2/c1-12(2,11(16)17)5-6-15-10-7-8(13)3-4-9(10)14/h3-4,7,15H,5-6H2,1-2H3,(H,16,17). The van der Waals surface area contributed by atoms with Gasteiger partial charge in [-0.3, -0.25) is 4.79 Å². The van der Waals surface area contributed by atoms with Gasteiger partial charge in [0.1, 0.15) is 5.82 Å². The van der Waals surface area contributed by atoms with Gasteiger partial charge in [-0.2, -0.15) is 0 Å². The number of anilines is 1. The Hall–Kier alpha value is -1.10. The van der Waals surface area contributed by atoms with Crippen LogP contribution in [0.5, 0.6) is 0 Å². The van der Waals surface area contributed by atoms with Crippen LogP contribution in [0, 0.1) is 11.2 Å². The molecular formula is C12H15BrFNO2. The first-order valence-electron chi connectivity index (χ1n) is 5.25. The minimum absolute atomic E-state index is 0.346. The third kappa shape index (κ3) is 4.00. The monoisotopic (exact) mass is 303 g/mol. The first kappa shape index (κ1) is 14.0. The summed E-state index contributed by atoms with van der Waals surface area (Å²) in [7, 11) is 0. The molecule has 0 amide bonds. The highest BCUT2D eigenvalue weighted by Crippen LogP contribution is 2.23. The zero-order valence-corrected chi connectivity index (χ0v) is 11.3. The van der Waals surface area contributed by atoms with E-state index in [1.54, 1.807) is 26.0 Å². The zero-order valence-electron chi connectivity index (χ0n) is 9.76. The summed E-state index contributed by atoms with van der Waals surface area (Å²) < 4.78 is 14.1. The average molecular weight is 304 g/mol. The Kier molecular flexibility index (Phi) is 4.51. The minimum atomic E-state index is -0.853. The molecular weight excluding hydrogens is 289 g/mol. The molecule has 0 bridgehead atoms. The number of hydrogen-bond acceptors (Lipinski definition) is 2. The summed E-state index contributed by atoms with van der Waals surface area (Å²) in [6.45, 7) is 3.70. The van der Waals surface area contributed by atoms with E-state index in [2.05, 4.69) is 21.2 Å². The van der Waals surface area contributed by atoms with Crippen LogP contribution in [0.3, 0.4) is 0 Å². The van der Waals surface area contributed by atoms with E-state index in [9.17, 15) is 9.18 Å². The fraction of sp³-hybridized carbons (Fsp3) is 0.417. The Balaban J connectivity index is 2.57. The fourth-order valence-corrected chi connectivity index (χ4v) is 1.61. The molecule has 0 fully saturated rings. The first-order valence-corrected chi connectivity index (χ1v) is 6.04. The maximum absolute atomic E-state index is 13.3. The summed E-state index contributed by atoms with van der Waals surface area (Å²) in [5, 5.41) is 11.8. The predicted molar refractivity (Wildman–Crippen MR) is 68.6 cm³/mol. The molecule has 0 aliphatic rings. The minimum Gasteiger partial charge on any atom is -0.481 e. The molecule has 5 heteroatoms. The second-order valence-electron chi connectivity index (χ2n) is 4.49. The molecule has 0 atom stereocenters. The zero-order chi connectivity index (χ0) is 13.1. The maximum atomic E-state index is 13.3. The molecule has 0 aliphatic carbocycles. The third-order valence-corrected chi connectivity index (χ3v) is 3.07. The Morgan fingerprint density at radius 2 is 2.18 bits per heavy atom. The van der Waals surface area contributed by atoms with Gasteiger partial charge >= 0.3 is 5.97 Å². The van der Waals surface area contributed by atoms with Crippen molar-refractivity contribution < 1.29 is 14.3 Å². The quantitative estimate of drug-likeness (QED) is 0.875. The van der Waals surface area contributed by atoms with Gasteiger partial charge in [0, 0.05) is 11.0 Å². The van der Waals surface area contributed by atoms with Gasteiger partial charge in [0.15, 0.2) is 0 Å². The number of carboxylic acids is 1. The number of carbonyl (C=O) groups is 1. The Morgan fingerprint density at radius 1 is 1.53 bits per heavy atom. The number of rotatable bonds is 5. The van der Waals surface area contributed by atoms with E-state index in [1.165, 1.54) is 6.07 Å². The maximum Gasteiger partial charge on any atom is 0.309 e. The van der Waals surface area contributed by atoms with Crippen LogP contribution in [-0.4, -0.2) is 17.6 Å². The van der Waals surface area contributed by atoms with Gasteiger partial charge in [-0.25, -0.2) is 4.39 Å². The summed E-state index contributed by atoms with van der Waals surface area (Å²) in [6.07, 6.45) is 0.425. The summed E-state index contributed by atoms with van der Waals surface area (Å²) in [6, 6.07) is 4.60. The molecule has 1 aromatic rings. The largest absolute Gasteiger partial charge is 0.481 e. The van der Waals surface area contributed by atoms with Crippen LogP contribution >= 0.6 is 15.9 Å². The van der Waals surface area contributed by atoms with E-state index in [0.717, 1.165) is 4.47 Å². The number of hydrogen-bond donors (Lipinski definition) is 2. The number of nitrogens with one attached hydrogen (secondary N) is 1. The van der Waals surface area contributed by atoms with Gasteiger partial charge in [-0.05, 0) is 38.5 Å². The van der Waals surface area contributed by atoms with Gasteiger partial charge in [0.2, 0.25) is 0 Å². The topological polar surface area (TPSA) is 49.3 Å². The fourth-order valence-electron chi connectivity index (χ4n) is 1.25. The van der Waals surface area contributed by atoms with Crippen molar-refractivity contribution in [3.8, 4) is 0 Å². The van der Waals surface area contributed by atoms with Crippen LogP contribution in [0.4, 0.5) is 10.1 Å². The van der Waals surface area contributed by atoms with Gasteiger partial charge in [0.25, 0.3) is 0 Å². The van der Waals surface area contributed by atoms with Crippen molar-refractivity contribution in [1.82, 2.24) is 0 Å². The van der Waals surface area contributed by atoms with E-state index >= 15 is 0 Å². The summed E-state index contributed by atoms with van der Waals surface area (Å²) >= 11 is 3.25. The average Bonchev–Trinajstić information content (AvgIpc) is 2.22. The normalized spacial score (nSPS) is 11.3. The predicted octanol–water partition coefficient (Wildman–Crippen LogP) is 3.50. The van der Waals surface area contributed by atoms with Gasteiger partial charge < -0.3 is 10.4 Å². The van der Waals surface area contributed by atoms with Crippen LogP contribution in [0.1, 0.15) is 20.3 Å². The molecule has 0 aromatic heterocycles. The number of benzene rings is 1. The second-order valence-corrected chi connectivity index (χ2v) is 5.41. The lowest BCUT2D eigenvalue weighted by Gasteiger charge is -2.19. The van der Waals surface area contributed by atoms with Crippen LogP contribution in [0.25, 0.3) is 0 Å². The van der Waals surface area contributed by atoms with Crippen LogP contribution in [-0.2, 0) is 4.79 Å². The number of halogens is 2. The summed E-state index contributed by atoms with van der Waals surface area (Å²) in [4.78, 5) is 10.9. The van der Waals surface area contributed by atoms with E-state index in [4.69, 9.17) is 5.11 Å². The van der Waals surface area contributed by atoms with Crippen molar-refractivity contribution in [2.75, 3.05) is 11.9 Å². The van der Waals surface area contributed by atoms with Gasteiger partial charge in [0.05, 0.1) is 11.1 Å². The van der Waals surface area contributed by atoms with Crippen molar-refractivity contribution >= 4 is 27.6 Å². The van der Waals surface area contributed by atoms with Crippen LogP contribution < -0.4 is 5.32 Å². The second kappa shape index (κ2) is 5.49. The molecule has 2 N–H and O–H groups in total. The van der Waals surface area contributed by atoms with Gasteiger partial charge in [-0.1, -0.05) is 15.9 Å². The molecule has 0 saturated carbocycles. The lowest BCUT2D eigenvalue weighted by Crippen LogP contribution is -2.26. The smallest absolute Gasteiger partial charge is 0.309 e. The van der Waals surface area contributed by atoms with Crippen molar-refractivity contribution in [2.45, 2.75) is 20.3 Å². The van der Waals surface area contributed by atoms with E-state index in [0.29, 0.717) is 18.7 Å². The van der Waals surface area contributed by atoms with E-state index in [-0.39, 0.29) is 5.82 Å². The van der Waals surface area contributed by atoms with Crippen LogP contribution in [0.15, 0.2) is 22.7 Å². The highest BCUT2D eigenvalue weighted by Gasteiger charge is 2.26. The summed E-state index contributed by atoms with van der Waals surface area (Å²) in [5.74, 6) is -1.20. The Labute approximate surface area is 108 Å². The van der Waals surface area contributed by atoms with E-state index < -0.39 is 11.4 Å². The highest BCUT2D eigenvalue weighted by atomic mass is 79.9. The molecule has 0 unspecified atom stereocenters. The van der Waals surface area contributed by atoms with Gasteiger partial charge in [-0.15, -0.1) is 0 Å². The first-order chi connectivity index (χ1) is 7.83. The molecule has 0 heterocycles. The molecule has 0 radical (unpaired) electrons. The third-order valence-electron chi connectivity index (χ3n) is 2.57. The molecule has 0 aliphatic heterocycles. The molecule has 3 nitrogen and oxygen atoms in total. The van der Waals surface area contributed by atoms with E-state index in [1.807, 2.05) is 0 Å². The lowest BCUT2D eigenvalue weighted by molar-refractivity contribution is -0.147. The van der Waals surface area contributed by atoms with Crippen LogP contribution in [0.2, 0.25) is 0 Å². The molecule has 1 aromatic carbocycles. The lowest BCUT2D eigenvalue weighted by atomic mass is 9.90. The number of aliphatic carboxylic acids is 1. The van der Waals surface area contributed by atoms with Crippen molar-refractivity contribution in [3.05, 3.63) is 28.5 Å². The molecule has 0 saturated heterocycles. The molecule has 17 heavy (non-hydrogen) atoms. The Morgan fingerprint density at radius 3 is 2.76 bits per heavy atom. The SMILES string of the molecule is CC(C)(CCNc1cc(Br)ccc1F)C(=O)O. The van der Waals surface area contributed by atoms with Crippen molar-refractivity contribution in [1.29, 1.82) is 0 Å². The van der Waals surface area contributed by atoms with Crippen molar-refractivity contribution in [3.63, 3.8) is 0 Å². The molecule has 94 valence electrons. The molecule has 0 spiro atoms. The Bertz CT molecular complexity index is 421. The molecule has 1 rings (SSSR count). The summed E-state index contributed by atoms with van der Waals surface area (Å²) in [5.41, 5.74) is -0.435. The van der Waals surface area contributed by atoms with Crippen molar-refractivity contribution in [2.24, 2.45) is 5.41 Å². The highest BCUT2D eigenvalue weighted by molar-refractivity contribution is 9.10. The number of carboxylic acid groups (broad SMARTS) is 1.